The van der Waals surface area contributed by atoms with Gasteiger partial charge in [0, 0.05) is 39.2 Å². The number of aromatic nitrogens is 1. The second-order valence-corrected chi connectivity index (χ2v) is 9.83. The summed E-state index contributed by atoms with van der Waals surface area (Å²) in [4.78, 5) is 27.7. The van der Waals surface area contributed by atoms with Gasteiger partial charge in [-0.05, 0) is 48.5 Å². The Hall–Kier alpha value is -2.95. The first kappa shape index (κ1) is 22.3. The molecule has 0 bridgehead atoms. The highest BCUT2D eigenvalue weighted by Gasteiger charge is 2.14. The number of anilines is 1. The topological polar surface area (TPSA) is 94.4 Å². The third-order valence-corrected chi connectivity index (χ3v) is 7.30. The van der Waals surface area contributed by atoms with Gasteiger partial charge in [-0.1, -0.05) is 27.7 Å². The number of methoxy groups -OCH3 is 1. The lowest BCUT2D eigenvalue weighted by atomic mass is 10.2. The van der Waals surface area contributed by atoms with Crippen LogP contribution >= 0.6 is 39.0 Å². The minimum absolute atomic E-state index is 0.0249. The van der Waals surface area contributed by atoms with E-state index in [0.717, 1.165) is 24.6 Å². The Balaban J connectivity index is 1.49. The molecule has 0 radical (unpaired) electrons. The highest BCUT2D eigenvalue weighted by Crippen LogP contribution is 2.35. The van der Waals surface area contributed by atoms with Crippen molar-refractivity contribution >= 4 is 66.5 Å². The quantitative estimate of drug-likeness (QED) is 0.166. The van der Waals surface area contributed by atoms with Crippen molar-refractivity contribution in [3.05, 3.63) is 86.4 Å². The molecule has 0 aliphatic heterocycles. The number of ether oxygens (including phenoxy) is 1. The third-order valence-electron chi connectivity index (χ3n) is 4.56. The largest absolute Gasteiger partial charge is 0.496 e. The van der Waals surface area contributed by atoms with Crippen LogP contribution in [0, 0.1) is 10.1 Å². The lowest BCUT2D eigenvalue weighted by Gasteiger charge is -2.06. The van der Waals surface area contributed by atoms with Gasteiger partial charge in [-0.15, -0.1) is 11.3 Å². The highest BCUT2D eigenvalue weighted by atomic mass is 79.9. The number of nitro benzene ring substituents is 1. The molecule has 162 valence electrons. The van der Waals surface area contributed by atoms with Crippen LogP contribution < -0.4 is 10.1 Å². The molecule has 4 rings (SSSR count). The number of hydrogen-bond acceptors (Lipinski definition) is 7. The molecule has 3 aromatic carbocycles. The molecule has 0 spiro atoms. The van der Waals surface area contributed by atoms with Crippen molar-refractivity contribution < 1.29 is 14.5 Å². The number of fused-ring (bicyclic) bond motifs is 1. The van der Waals surface area contributed by atoms with E-state index in [4.69, 9.17) is 4.74 Å². The van der Waals surface area contributed by atoms with Gasteiger partial charge in [0.2, 0.25) is 0 Å². The summed E-state index contributed by atoms with van der Waals surface area (Å²) in [6.45, 7) is 0. The number of carbonyl (C=O) groups is 1. The first-order chi connectivity index (χ1) is 15.4. The van der Waals surface area contributed by atoms with Crippen molar-refractivity contribution in [2.75, 3.05) is 12.4 Å². The summed E-state index contributed by atoms with van der Waals surface area (Å²) >= 11 is 6.34. The average molecular weight is 530 g/mol. The van der Waals surface area contributed by atoms with Gasteiger partial charge in [-0.3, -0.25) is 14.9 Å². The van der Waals surface area contributed by atoms with Crippen molar-refractivity contribution in [2.45, 2.75) is 10.1 Å². The Labute approximate surface area is 200 Å². The van der Waals surface area contributed by atoms with Gasteiger partial charge in [-0.25, -0.2) is 4.98 Å². The van der Waals surface area contributed by atoms with Crippen LogP contribution in [0.5, 0.6) is 5.75 Å². The molecular weight excluding hydrogens is 514 g/mol. The average Bonchev–Trinajstić information content (AvgIpc) is 3.20. The van der Waals surface area contributed by atoms with Crippen molar-refractivity contribution in [2.24, 2.45) is 0 Å². The van der Waals surface area contributed by atoms with Gasteiger partial charge in [-0.2, -0.15) is 0 Å². The summed E-state index contributed by atoms with van der Waals surface area (Å²) in [5, 5.41) is 14.0. The van der Waals surface area contributed by atoms with E-state index in [-0.39, 0.29) is 11.6 Å². The summed E-state index contributed by atoms with van der Waals surface area (Å²) < 4.78 is 8.00. The van der Waals surface area contributed by atoms with E-state index >= 15 is 0 Å². The smallest absolute Gasteiger partial charge is 0.270 e. The monoisotopic (exact) mass is 529 g/mol. The molecule has 1 N–H and O–H groups in total. The SMILES string of the molecule is COc1ccc([N+](=O)[O-])cc1CSc1nc2ccc(NC(=O)c3ccc(Br)cc3)cc2s1. The van der Waals surface area contributed by atoms with E-state index in [1.54, 1.807) is 18.2 Å². The second kappa shape index (κ2) is 9.68. The Morgan fingerprint density at radius 2 is 1.97 bits per heavy atom. The number of hydrogen-bond donors (Lipinski definition) is 1. The number of benzene rings is 3. The maximum Gasteiger partial charge on any atom is 0.270 e. The first-order valence-electron chi connectivity index (χ1n) is 9.34. The minimum Gasteiger partial charge on any atom is -0.496 e. The molecule has 32 heavy (non-hydrogen) atoms. The van der Waals surface area contributed by atoms with Gasteiger partial charge < -0.3 is 10.1 Å². The number of amides is 1. The maximum absolute atomic E-state index is 12.5. The zero-order chi connectivity index (χ0) is 22.7. The molecule has 0 aliphatic carbocycles. The summed E-state index contributed by atoms with van der Waals surface area (Å²) in [7, 11) is 1.54. The maximum atomic E-state index is 12.5. The van der Waals surface area contributed by atoms with Crippen molar-refractivity contribution in [1.82, 2.24) is 4.98 Å². The number of nitro groups is 1. The molecule has 0 unspecified atom stereocenters. The van der Waals surface area contributed by atoms with Crippen molar-refractivity contribution in [3.8, 4) is 5.75 Å². The summed E-state index contributed by atoms with van der Waals surface area (Å²) in [6.07, 6.45) is 0. The summed E-state index contributed by atoms with van der Waals surface area (Å²) in [6, 6.07) is 17.3. The van der Waals surface area contributed by atoms with E-state index in [0.29, 0.717) is 22.8 Å². The number of nitrogens with one attached hydrogen (secondary N) is 1. The first-order valence-corrected chi connectivity index (χ1v) is 11.9. The summed E-state index contributed by atoms with van der Waals surface area (Å²) in [5.74, 6) is 0.897. The summed E-state index contributed by atoms with van der Waals surface area (Å²) in [5.41, 5.74) is 2.83. The van der Waals surface area contributed by atoms with Crippen LogP contribution in [0.2, 0.25) is 0 Å². The lowest BCUT2D eigenvalue weighted by Crippen LogP contribution is -2.11. The van der Waals surface area contributed by atoms with Crippen LogP contribution in [-0.4, -0.2) is 22.9 Å². The van der Waals surface area contributed by atoms with Crippen LogP contribution in [0.1, 0.15) is 15.9 Å². The molecule has 1 heterocycles. The molecule has 0 fully saturated rings. The molecule has 1 amide bonds. The molecule has 0 saturated heterocycles. The number of rotatable bonds is 7. The fourth-order valence-electron chi connectivity index (χ4n) is 2.98. The zero-order valence-electron chi connectivity index (χ0n) is 16.7. The van der Waals surface area contributed by atoms with E-state index in [1.165, 1.54) is 42.3 Å². The third kappa shape index (κ3) is 5.09. The Morgan fingerprint density at radius 3 is 2.69 bits per heavy atom. The number of thiazole rings is 1. The van der Waals surface area contributed by atoms with Crippen LogP contribution in [0.3, 0.4) is 0 Å². The normalized spacial score (nSPS) is 10.8. The van der Waals surface area contributed by atoms with Crippen LogP contribution in [0.15, 0.2) is 69.5 Å². The second-order valence-electron chi connectivity index (χ2n) is 6.67. The number of thioether (sulfide) groups is 1. The van der Waals surface area contributed by atoms with Crippen LogP contribution in [0.25, 0.3) is 10.2 Å². The number of halogens is 1. The lowest BCUT2D eigenvalue weighted by molar-refractivity contribution is -0.384. The predicted molar refractivity (Wildman–Crippen MR) is 131 cm³/mol. The Bertz CT molecular complexity index is 1310. The fraction of sp³-hybridized carbons (Fsp3) is 0.0909. The van der Waals surface area contributed by atoms with E-state index in [2.05, 4.69) is 26.2 Å². The Morgan fingerprint density at radius 1 is 1.19 bits per heavy atom. The Kier molecular flexibility index (Phi) is 6.73. The molecule has 7 nitrogen and oxygen atoms in total. The van der Waals surface area contributed by atoms with E-state index in [9.17, 15) is 14.9 Å². The standard InChI is InChI=1S/C22H16BrN3O4S2/c1-30-19-9-7-17(26(28)29)10-14(19)12-31-22-25-18-8-6-16(11-20(18)32-22)24-21(27)13-2-4-15(23)5-3-13/h2-11H,12H2,1H3,(H,24,27). The molecule has 4 aromatic rings. The molecule has 1 aromatic heterocycles. The van der Waals surface area contributed by atoms with Gasteiger partial charge in [0.15, 0.2) is 4.34 Å². The molecular formula is C22H16BrN3O4S2. The van der Waals surface area contributed by atoms with Crippen molar-refractivity contribution in [1.29, 1.82) is 0 Å². The van der Waals surface area contributed by atoms with Crippen molar-refractivity contribution in [3.63, 3.8) is 0 Å². The molecule has 0 aliphatic rings. The zero-order valence-corrected chi connectivity index (χ0v) is 19.9. The van der Waals surface area contributed by atoms with Gasteiger partial charge in [0.05, 0.1) is 22.2 Å². The fourth-order valence-corrected chi connectivity index (χ4v) is 5.33. The predicted octanol–water partition coefficient (Wildman–Crippen LogP) is 6.52. The molecule has 0 atom stereocenters. The van der Waals surface area contributed by atoms with Crippen LogP contribution in [-0.2, 0) is 5.75 Å². The molecule has 0 saturated carbocycles. The number of non-ortho nitro benzene ring substituents is 1. The van der Waals surface area contributed by atoms with Gasteiger partial charge in [0.25, 0.3) is 11.6 Å². The van der Waals surface area contributed by atoms with Gasteiger partial charge in [0.1, 0.15) is 5.75 Å². The molecule has 10 heteroatoms. The number of carbonyl (C=O) groups excluding carboxylic acids is 1. The van der Waals surface area contributed by atoms with E-state index in [1.807, 2.05) is 30.3 Å². The van der Waals surface area contributed by atoms with Gasteiger partial charge >= 0.3 is 0 Å². The van der Waals surface area contributed by atoms with Crippen LogP contribution in [0.4, 0.5) is 11.4 Å². The highest BCUT2D eigenvalue weighted by molar-refractivity contribution is 9.10. The minimum atomic E-state index is -0.421. The van der Waals surface area contributed by atoms with E-state index < -0.39 is 4.92 Å². The number of nitrogens with zero attached hydrogens (tertiary/aromatic N) is 2.